The first kappa shape index (κ1) is 19.4. The highest BCUT2D eigenvalue weighted by Crippen LogP contribution is 2.28. The van der Waals surface area contributed by atoms with E-state index in [-0.39, 0.29) is 21.6 Å². The third kappa shape index (κ3) is 5.07. The van der Waals surface area contributed by atoms with Crippen LogP contribution in [0.4, 0.5) is 4.39 Å². The van der Waals surface area contributed by atoms with Gasteiger partial charge in [0.1, 0.15) is 11.5 Å². The largest absolute Gasteiger partial charge is 0.279 e. The van der Waals surface area contributed by atoms with E-state index in [9.17, 15) is 9.18 Å². The Bertz CT molecular complexity index is 941. The van der Waals surface area contributed by atoms with Crippen molar-refractivity contribution in [3.8, 4) is 0 Å². The zero-order chi connectivity index (χ0) is 18.5. The van der Waals surface area contributed by atoms with Gasteiger partial charge in [-0.05, 0) is 47.7 Å². The average molecular weight is 470 g/mol. The van der Waals surface area contributed by atoms with E-state index in [1.807, 2.05) is 24.3 Å². The van der Waals surface area contributed by atoms with Gasteiger partial charge in [0.25, 0.3) is 0 Å². The van der Waals surface area contributed by atoms with Crippen LogP contribution in [0.5, 0.6) is 0 Å². The van der Waals surface area contributed by atoms with Crippen molar-refractivity contribution in [1.82, 2.24) is 9.97 Å². The molecule has 26 heavy (non-hydrogen) atoms. The fourth-order valence-corrected chi connectivity index (χ4v) is 4.02. The molecule has 0 saturated heterocycles. The van der Waals surface area contributed by atoms with Crippen molar-refractivity contribution in [3.05, 3.63) is 81.3 Å². The molecule has 3 rings (SSSR count). The van der Waals surface area contributed by atoms with Crippen LogP contribution in [0.2, 0.25) is 5.02 Å². The number of hydrogen-bond acceptors (Lipinski definition) is 5. The van der Waals surface area contributed by atoms with Gasteiger partial charge in [-0.1, -0.05) is 57.5 Å². The number of benzene rings is 2. The minimum absolute atomic E-state index is 0.144. The summed E-state index contributed by atoms with van der Waals surface area (Å²) in [7, 11) is 0. The third-order valence-electron chi connectivity index (χ3n) is 3.25. The van der Waals surface area contributed by atoms with E-state index in [2.05, 4.69) is 25.9 Å². The molecule has 8 heteroatoms. The molecule has 0 unspecified atom stereocenters. The van der Waals surface area contributed by atoms with Crippen LogP contribution in [0.3, 0.4) is 0 Å². The fourth-order valence-electron chi connectivity index (χ4n) is 1.98. The highest BCUT2D eigenvalue weighted by molar-refractivity contribution is 9.10. The summed E-state index contributed by atoms with van der Waals surface area (Å²) < 4.78 is 14.6. The van der Waals surface area contributed by atoms with Gasteiger partial charge in [-0.3, -0.25) is 4.79 Å². The molecule has 0 atom stereocenters. The van der Waals surface area contributed by atoms with E-state index in [4.69, 9.17) is 11.6 Å². The van der Waals surface area contributed by atoms with Gasteiger partial charge in [0.05, 0.1) is 11.2 Å². The lowest BCUT2D eigenvalue weighted by Gasteiger charge is -2.06. The summed E-state index contributed by atoms with van der Waals surface area (Å²) in [4.78, 5) is 21.7. The van der Waals surface area contributed by atoms with E-state index < -0.39 is 0 Å². The number of carbonyl (C=O) groups excluding carboxylic acids is 1. The van der Waals surface area contributed by atoms with Crippen LogP contribution in [-0.4, -0.2) is 15.1 Å². The smallest absolute Gasteiger partial charge is 0.244 e. The van der Waals surface area contributed by atoms with Gasteiger partial charge < -0.3 is 0 Å². The molecule has 132 valence electrons. The molecule has 3 aromatic rings. The molecule has 0 saturated carbocycles. The third-order valence-corrected chi connectivity index (χ3v) is 5.86. The predicted molar refractivity (Wildman–Crippen MR) is 107 cm³/mol. The molecule has 0 fully saturated rings. The Hall–Kier alpha value is -1.41. The molecule has 3 nitrogen and oxygen atoms in total. The Labute approximate surface area is 171 Å². The Balaban J connectivity index is 1.73. The van der Waals surface area contributed by atoms with Crippen molar-refractivity contribution in [3.63, 3.8) is 0 Å². The Morgan fingerprint density at radius 2 is 1.88 bits per heavy atom. The lowest BCUT2D eigenvalue weighted by Crippen LogP contribution is -2.02. The van der Waals surface area contributed by atoms with Crippen molar-refractivity contribution < 1.29 is 9.18 Å². The fraction of sp³-hybridized carbons (Fsp3) is 0.0556. The summed E-state index contributed by atoms with van der Waals surface area (Å²) in [5.74, 6) is 0.0815. The van der Waals surface area contributed by atoms with Gasteiger partial charge in [-0.2, -0.15) is 0 Å². The average Bonchev–Trinajstić information content (AvgIpc) is 2.64. The van der Waals surface area contributed by atoms with Crippen LogP contribution in [-0.2, 0) is 5.75 Å². The maximum Gasteiger partial charge on any atom is 0.244 e. The summed E-state index contributed by atoms with van der Waals surface area (Å²) in [5, 5.41) is 0.291. The number of carbonyl (C=O) groups is 1. The molecular weight excluding hydrogens is 459 g/mol. The SMILES string of the molecule is O=C(Sc1ccc(Br)cc1)c1nc(SCc2ccccc2F)ncc1Cl. The van der Waals surface area contributed by atoms with Crippen LogP contribution in [0, 0.1) is 5.82 Å². The van der Waals surface area contributed by atoms with E-state index in [1.54, 1.807) is 18.2 Å². The Morgan fingerprint density at radius 1 is 1.15 bits per heavy atom. The van der Waals surface area contributed by atoms with Crippen molar-refractivity contribution in [2.24, 2.45) is 0 Å². The minimum Gasteiger partial charge on any atom is -0.279 e. The van der Waals surface area contributed by atoms with Crippen molar-refractivity contribution >= 4 is 56.2 Å². The number of rotatable bonds is 5. The lowest BCUT2D eigenvalue weighted by atomic mass is 10.2. The van der Waals surface area contributed by atoms with E-state index >= 15 is 0 Å². The maximum atomic E-state index is 13.7. The summed E-state index contributed by atoms with van der Waals surface area (Å²) in [6, 6.07) is 13.9. The maximum absolute atomic E-state index is 13.7. The summed E-state index contributed by atoms with van der Waals surface area (Å²) in [6.07, 6.45) is 1.40. The van der Waals surface area contributed by atoms with Gasteiger partial charge in [-0.25, -0.2) is 14.4 Å². The number of thioether (sulfide) groups is 2. The minimum atomic E-state index is -0.281. The normalized spacial score (nSPS) is 10.7. The number of hydrogen-bond donors (Lipinski definition) is 0. The van der Waals surface area contributed by atoms with Gasteiger partial charge in [0.15, 0.2) is 5.16 Å². The molecule has 2 aromatic carbocycles. The molecule has 0 bridgehead atoms. The van der Waals surface area contributed by atoms with Crippen LogP contribution in [0.15, 0.2) is 69.3 Å². The second-order valence-electron chi connectivity index (χ2n) is 5.07. The number of halogens is 3. The first-order valence-corrected chi connectivity index (χ1v) is 10.4. The Kier molecular flexibility index (Phi) is 6.69. The van der Waals surface area contributed by atoms with Gasteiger partial charge in [0, 0.05) is 15.1 Å². The second kappa shape index (κ2) is 8.99. The molecule has 0 radical (unpaired) electrons. The van der Waals surface area contributed by atoms with E-state index in [0.29, 0.717) is 16.5 Å². The molecule has 0 aliphatic heterocycles. The Morgan fingerprint density at radius 3 is 2.62 bits per heavy atom. The zero-order valence-corrected chi connectivity index (χ0v) is 17.1. The molecule has 0 aliphatic carbocycles. The van der Waals surface area contributed by atoms with Crippen molar-refractivity contribution in [2.75, 3.05) is 0 Å². The van der Waals surface area contributed by atoms with Gasteiger partial charge >= 0.3 is 0 Å². The molecule has 0 spiro atoms. The second-order valence-corrected chi connectivity index (χ2v) is 8.38. The molecule has 0 aliphatic rings. The van der Waals surface area contributed by atoms with Crippen LogP contribution < -0.4 is 0 Å². The first-order valence-electron chi connectivity index (χ1n) is 7.39. The van der Waals surface area contributed by atoms with Crippen LogP contribution >= 0.6 is 51.1 Å². The van der Waals surface area contributed by atoms with E-state index in [0.717, 1.165) is 21.1 Å². The van der Waals surface area contributed by atoms with Crippen molar-refractivity contribution in [2.45, 2.75) is 15.8 Å². The number of aromatic nitrogens is 2. The monoisotopic (exact) mass is 468 g/mol. The lowest BCUT2D eigenvalue weighted by molar-refractivity contribution is 0.108. The molecular formula is C18H11BrClFN2OS2. The topological polar surface area (TPSA) is 42.9 Å². The van der Waals surface area contributed by atoms with Crippen molar-refractivity contribution in [1.29, 1.82) is 0 Å². The highest BCUT2D eigenvalue weighted by Gasteiger charge is 2.16. The van der Waals surface area contributed by atoms with Gasteiger partial charge in [-0.15, -0.1) is 0 Å². The van der Waals surface area contributed by atoms with Gasteiger partial charge in [0.2, 0.25) is 5.12 Å². The highest BCUT2D eigenvalue weighted by atomic mass is 79.9. The summed E-state index contributed by atoms with van der Waals surface area (Å²) in [6.45, 7) is 0. The molecule has 0 amide bonds. The zero-order valence-electron chi connectivity index (χ0n) is 13.2. The van der Waals surface area contributed by atoms with Crippen LogP contribution in [0.1, 0.15) is 16.1 Å². The standard InChI is InChI=1S/C18H11BrClFN2OS2/c19-12-5-7-13(8-6-12)26-17(24)16-14(20)9-22-18(23-16)25-10-11-3-1-2-4-15(11)21/h1-9H,10H2. The first-order chi connectivity index (χ1) is 12.5. The molecule has 1 aromatic heterocycles. The summed E-state index contributed by atoms with van der Waals surface area (Å²) in [5.41, 5.74) is 0.693. The predicted octanol–water partition coefficient (Wildman–Crippen LogP) is 6.26. The van der Waals surface area contributed by atoms with E-state index in [1.165, 1.54) is 24.0 Å². The number of nitrogens with zero attached hydrogens (tertiary/aromatic N) is 2. The van der Waals surface area contributed by atoms with Crippen LogP contribution in [0.25, 0.3) is 0 Å². The summed E-state index contributed by atoms with van der Waals surface area (Å²) >= 11 is 11.7. The molecule has 0 N–H and O–H groups in total. The molecule has 1 heterocycles. The quantitative estimate of drug-likeness (QED) is 0.326.